The van der Waals surface area contributed by atoms with E-state index in [0.717, 1.165) is 55.2 Å². The van der Waals surface area contributed by atoms with Crippen LogP contribution < -0.4 is 5.32 Å². The maximum Gasteiger partial charge on any atom is 0.405 e. The lowest BCUT2D eigenvalue weighted by molar-refractivity contribution is 0.177. The largest absolute Gasteiger partial charge is 0.465 e. The van der Waals surface area contributed by atoms with Gasteiger partial charge in [-0.05, 0) is 50.5 Å². The van der Waals surface area contributed by atoms with E-state index in [1.807, 2.05) is 19.2 Å². The van der Waals surface area contributed by atoms with Gasteiger partial charge in [0.15, 0.2) is 0 Å². The van der Waals surface area contributed by atoms with E-state index in [4.69, 9.17) is 5.11 Å². The molecule has 6 heteroatoms. The van der Waals surface area contributed by atoms with Gasteiger partial charge in [0, 0.05) is 29.9 Å². The second-order valence-corrected chi connectivity index (χ2v) is 7.02. The van der Waals surface area contributed by atoms with Crippen molar-refractivity contribution in [3.63, 3.8) is 0 Å². The zero-order valence-electron chi connectivity index (χ0n) is 12.7. The molecule has 2 heterocycles. The molecule has 0 unspecified atom stereocenters. The van der Waals surface area contributed by atoms with Crippen molar-refractivity contribution in [2.75, 3.05) is 0 Å². The van der Waals surface area contributed by atoms with Crippen LogP contribution in [0.5, 0.6) is 0 Å². The summed E-state index contributed by atoms with van der Waals surface area (Å²) >= 11 is 0. The molecule has 0 atom stereocenters. The topological polar surface area (TPSA) is 80.0 Å². The number of pyridine rings is 1. The highest BCUT2D eigenvalue weighted by Gasteiger charge is 2.55. The van der Waals surface area contributed by atoms with Gasteiger partial charge in [0.1, 0.15) is 0 Å². The van der Waals surface area contributed by atoms with E-state index < -0.39 is 6.09 Å². The molecule has 2 bridgehead atoms. The van der Waals surface area contributed by atoms with Crippen molar-refractivity contribution >= 4 is 17.0 Å². The number of nitrogens with one attached hydrogen (secondary N) is 1. The third kappa shape index (κ3) is 1.97. The molecule has 6 nitrogen and oxygen atoms in total. The Morgan fingerprint density at radius 1 is 1.41 bits per heavy atom. The van der Waals surface area contributed by atoms with Crippen LogP contribution in [0.15, 0.2) is 18.5 Å². The molecule has 116 valence electrons. The third-order valence-electron chi connectivity index (χ3n) is 5.58. The summed E-state index contributed by atoms with van der Waals surface area (Å²) in [6, 6.07) is 2.01. The van der Waals surface area contributed by atoms with E-state index in [9.17, 15) is 4.79 Å². The number of carbonyl (C=O) groups is 1. The molecule has 0 aliphatic heterocycles. The van der Waals surface area contributed by atoms with Gasteiger partial charge >= 0.3 is 6.09 Å². The Labute approximate surface area is 128 Å². The van der Waals surface area contributed by atoms with Gasteiger partial charge in [-0.25, -0.2) is 4.79 Å². The Morgan fingerprint density at radius 3 is 2.91 bits per heavy atom. The lowest BCUT2D eigenvalue weighted by atomic mass is 9.84. The second kappa shape index (κ2) is 4.44. The van der Waals surface area contributed by atoms with Crippen molar-refractivity contribution in [3.8, 4) is 0 Å². The van der Waals surface area contributed by atoms with Gasteiger partial charge in [-0.3, -0.25) is 9.67 Å². The standard InChI is InChI=1S/C16H20N4O2/c1-11-12-8-17-7-2-13(12)20(19-11)10-15-3-5-16(9-15,6-4-15)18-14(21)22/h2,7-8,18H,3-6,9-10H2,1H3,(H,21,22). The Hall–Kier alpha value is -2.11. The van der Waals surface area contributed by atoms with Gasteiger partial charge in [-0.15, -0.1) is 0 Å². The number of amides is 1. The minimum Gasteiger partial charge on any atom is -0.465 e. The highest BCUT2D eigenvalue weighted by atomic mass is 16.4. The van der Waals surface area contributed by atoms with Crippen LogP contribution in [-0.2, 0) is 6.54 Å². The maximum atomic E-state index is 11.0. The summed E-state index contributed by atoms with van der Waals surface area (Å²) in [6.07, 6.45) is 7.72. The first-order chi connectivity index (χ1) is 10.5. The average Bonchev–Trinajstić information content (AvgIpc) is 3.10. The molecule has 2 fully saturated rings. The molecule has 0 saturated heterocycles. The molecular formula is C16H20N4O2. The van der Waals surface area contributed by atoms with Crippen LogP contribution >= 0.6 is 0 Å². The van der Waals surface area contributed by atoms with Gasteiger partial charge in [0.05, 0.1) is 11.2 Å². The molecule has 2 N–H and O–H groups in total. The van der Waals surface area contributed by atoms with Crippen LogP contribution in [-0.4, -0.2) is 31.5 Å². The Bertz CT molecular complexity index is 744. The predicted octanol–water partition coefficient (Wildman–Crippen LogP) is 2.71. The number of carboxylic acid groups (broad SMARTS) is 1. The average molecular weight is 300 g/mol. The minimum absolute atomic E-state index is 0.178. The molecule has 2 aromatic heterocycles. The van der Waals surface area contributed by atoms with Gasteiger partial charge in [0.2, 0.25) is 0 Å². The number of fused-ring (bicyclic) bond motifs is 3. The number of rotatable bonds is 3. The Kier molecular flexibility index (Phi) is 2.74. The van der Waals surface area contributed by atoms with Crippen molar-refractivity contribution < 1.29 is 9.90 Å². The molecule has 0 aromatic carbocycles. The number of hydrogen-bond acceptors (Lipinski definition) is 3. The lowest BCUT2D eigenvalue weighted by Gasteiger charge is -2.27. The van der Waals surface area contributed by atoms with Gasteiger partial charge < -0.3 is 10.4 Å². The van der Waals surface area contributed by atoms with Crippen molar-refractivity contribution in [1.29, 1.82) is 0 Å². The monoisotopic (exact) mass is 300 g/mol. The smallest absolute Gasteiger partial charge is 0.405 e. The SMILES string of the molecule is Cc1nn(CC23CCC(NC(=O)O)(CC2)C3)c2ccncc12. The van der Waals surface area contributed by atoms with Crippen LogP contribution in [0.2, 0.25) is 0 Å². The van der Waals surface area contributed by atoms with Crippen molar-refractivity contribution in [3.05, 3.63) is 24.2 Å². The first kappa shape index (κ1) is 13.5. The number of hydrogen-bond donors (Lipinski definition) is 2. The second-order valence-electron chi connectivity index (χ2n) is 7.02. The zero-order chi connectivity index (χ0) is 15.4. The molecule has 4 rings (SSSR count). The predicted molar refractivity (Wildman–Crippen MR) is 81.7 cm³/mol. The van der Waals surface area contributed by atoms with E-state index in [0.29, 0.717) is 0 Å². The molecular weight excluding hydrogens is 280 g/mol. The van der Waals surface area contributed by atoms with E-state index in [1.165, 1.54) is 0 Å². The fourth-order valence-electron chi connectivity index (χ4n) is 4.56. The van der Waals surface area contributed by atoms with Crippen molar-refractivity contribution in [2.24, 2.45) is 5.41 Å². The van der Waals surface area contributed by atoms with Crippen LogP contribution in [0, 0.1) is 12.3 Å². The molecule has 2 aliphatic carbocycles. The van der Waals surface area contributed by atoms with Crippen LogP contribution in [0.4, 0.5) is 4.79 Å². The molecule has 1 amide bonds. The van der Waals surface area contributed by atoms with E-state index in [-0.39, 0.29) is 11.0 Å². The maximum absolute atomic E-state index is 11.0. The first-order valence-electron chi connectivity index (χ1n) is 7.79. The zero-order valence-corrected chi connectivity index (χ0v) is 12.7. The quantitative estimate of drug-likeness (QED) is 0.913. The van der Waals surface area contributed by atoms with E-state index in [1.54, 1.807) is 6.20 Å². The highest BCUT2D eigenvalue weighted by Crippen LogP contribution is 2.57. The molecule has 2 saturated carbocycles. The van der Waals surface area contributed by atoms with Gasteiger partial charge in [0.25, 0.3) is 0 Å². The van der Waals surface area contributed by atoms with Crippen LogP contribution in [0.25, 0.3) is 10.9 Å². The summed E-state index contributed by atoms with van der Waals surface area (Å²) in [5.41, 5.74) is 2.10. The lowest BCUT2D eigenvalue weighted by Crippen LogP contribution is -2.44. The Morgan fingerprint density at radius 2 is 2.18 bits per heavy atom. The van der Waals surface area contributed by atoms with Crippen LogP contribution in [0.3, 0.4) is 0 Å². The van der Waals surface area contributed by atoms with Crippen molar-refractivity contribution in [1.82, 2.24) is 20.1 Å². The molecule has 22 heavy (non-hydrogen) atoms. The first-order valence-corrected chi connectivity index (χ1v) is 7.79. The minimum atomic E-state index is -0.899. The van der Waals surface area contributed by atoms with Gasteiger partial charge in [-0.2, -0.15) is 5.10 Å². The normalized spacial score (nSPS) is 30.0. The van der Waals surface area contributed by atoms with Crippen molar-refractivity contribution in [2.45, 2.75) is 51.1 Å². The molecule has 0 radical (unpaired) electrons. The van der Waals surface area contributed by atoms with E-state index >= 15 is 0 Å². The van der Waals surface area contributed by atoms with E-state index in [2.05, 4.69) is 20.1 Å². The molecule has 2 aromatic rings. The van der Waals surface area contributed by atoms with Gasteiger partial charge in [-0.1, -0.05) is 0 Å². The number of aryl methyl sites for hydroxylation is 1. The fourth-order valence-corrected chi connectivity index (χ4v) is 4.56. The van der Waals surface area contributed by atoms with Crippen LogP contribution in [0.1, 0.15) is 37.8 Å². The Balaban J connectivity index is 1.63. The number of aromatic nitrogens is 3. The molecule has 2 aliphatic rings. The fraction of sp³-hybridized carbons (Fsp3) is 0.562. The summed E-state index contributed by atoms with van der Waals surface area (Å²) in [7, 11) is 0. The summed E-state index contributed by atoms with van der Waals surface area (Å²) in [5.74, 6) is 0. The summed E-state index contributed by atoms with van der Waals surface area (Å²) in [6.45, 7) is 2.88. The highest BCUT2D eigenvalue weighted by molar-refractivity contribution is 5.80. The number of nitrogens with zero attached hydrogens (tertiary/aromatic N) is 3. The summed E-state index contributed by atoms with van der Waals surface area (Å²) in [5, 5.41) is 17.6. The molecule has 0 spiro atoms. The summed E-state index contributed by atoms with van der Waals surface area (Å²) < 4.78 is 2.09. The summed E-state index contributed by atoms with van der Waals surface area (Å²) in [4.78, 5) is 15.2. The third-order valence-corrected chi connectivity index (χ3v) is 5.58.